The largest absolute Gasteiger partial charge is 0.524 e. The summed E-state index contributed by atoms with van der Waals surface area (Å²) in [5, 5.41) is 11.5. The van der Waals surface area contributed by atoms with E-state index in [1.54, 1.807) is 23.6 Å². The molecule has 1 aliphatic rings. The fraction of sp³-hybridized carbons (Fsp3) is 0.316. The van der Waals surface area contributed by atoms with E-state index in [0.717, 1.165) is 18.0 Å². The molecule has 31 heavy (non-hydrogen) atoms. The van der Waals surface area contributed by atoms with Gasteiger partial charge in [0.2, 0.25) is 5.95 Å². The number of nitrogens with zero attached hydrogens (tertiary/aromatic N) is 3. The first-order valence-electron chi connectivity index (χ1n) is 9.04. The van der Waals surface area contributed by atoms with Crippen LogP contribution in [0.5, 0.6) is 0 Å². The molecule has 0 radical (unpaired) electrons. The summed E-state index contributed by atoms with van der Waals surface area (Å²) in [4.78, 5) is 16.9. The molecule has 12 heteroatoms. The summed E-state index contributed by atoms with van der Waals surface area (Å²) >= 11 is 0.923. The van der Waals surface area contributed by atoms with E-state index >= 15 is 0 Å². The Morgan fingerprint density at radius 3 is 2.84 bits per heavy atom. The summed E-state index contributed by atoms with van der Waals surface area (Å²) in [6, 6.07) is 3.94. The first-order chi connectivity index (χ1) is 14.6. The van der Waals surface area contributed by atoms with Crippen molar-refractivity contribution in [3.8, 4) is 6.07 Å². The number of alkyl halides is 3. The highest BCUT2D eigenvalue weighted by Gasteiger charge is 2.32. The molecule has 1 amide bonds. The molecule has 0 fully saturated rings. The van der Waals surface area contributed by atoms with Gasteiger partial charge in [0, 0.05) is 18.3 Å². The Balaban J connectivity index is 1.88. The summed E-state index contributed by atoms with van der Waals surface area (Å²) in [6.45, 7) is 3.37. The molecule has 0 saturated carbocycles. The summed E-state index contributed by atoms with van der Waals surface area (Å²) in [6.07, 6.45) is -1.77. The number of hydrogen-bond acceptors (Lipinski definition) is 6. The first-order valence-corrected chi connectivity index (χ1v) is 9.86. The first kappa shape index (κ1) is 22.8. The number of aromatic nitrogens is 2. The zero-order valence-corrected chi connectivity index (χ0v) is 17.2. The van der Waals surface area contributed by atoms with Crippen LogP contribution in [0.4, 0.5) is 23.2 Å². The van der Waals surface area contributed by atoms with Crippen molar-refractivity contribution in [2.75, 3.05) is 5.32 Å². The molecule has 0 aromatic carbocycles. The minimum absolute atomic E-state index is 0.0647. The van der Waals surface area contributed by atoms with Gasteiger partial charge in [-0.1, -0.05) is 6.08 Å². The molecule has 3 heterocycles. The molecule has 1 atom stereocenters. The van der Waals surface area contributed by atoms with E-state index in [4.69, 9.17) is 5.26 Å². The van der Waals surface area contributed by atoms with Crippen LogP contribution in [0.25, 0.3) is 6.08 Å². The highest BCUT2D eigenvalue weighted by atomic mass is 32.2. The van der Waals surface area contributed by atoms with Gasteiger partial charge in [0.1, 0.15) is 23.7 Å². The SMILES string of the molecule is Cc1c(SNC(C)OC(F)(F)F)c2n(c1C(=O)Nc1cc(F)nc(C#N)c1)CCC=C2. The van der Waals surface area contributed by atoms with E-state index in [1.165, 1.54) is 13.0 Å². The fourth-order valence-corrected chi connectivity index (χ4v) is 4.01. The number of carbonyl (C=O) groups excluding carboxylic acids is 1. The molecule has 0 aliphatic carbocycles. The van der Waals surface area contributed by atoms with Crippen LogP contribution in [0.15, 0.2) is 23.1 Å². The van der Waals surface area contributed by atoms with E-state index in [-0.39, 0.29) is 17.1 Å². The van der Waals surface area contributed by atoms with Crippen molar-refractivity contribution in [2.24, 2.45) is 0 Å². The standard InChI is InChI=1S/C19H17F4N5O2S/c1-10-16(18(29)26-12-7-13(9-24)25-15(20)8-12)28-6-4-3-5-14(28)17(10)31-27-11(2)30-19(21,22)23/h3,5,7-8,11,27H,4,6H2,1-2H3,(H,25,26,29). The third-order valence-corrected chi connectivity index (χ3v) is 5.47. The highest BCUT2D eigenvalue weighted by Crippen LogP contribution is 2.34. The Labute approximate surface area is 179 Å². The van der Waals surface area contributed by atoms with Crippen molar-refractivity contribution in [1.29, 1.82) is 5.26 Å². The van der Waals surface area contributed by atoms with Gasteiger partial charge in [-0.25, -0.2) is 9.71 Å². The number of pyridine rings is 1. The van der Waals surface area contributed by atoms with Crippen LogP contribution < -0.4 is 10.0 Å². The van der Waals surface area contributed by atoms with Crippen LogP contribution in [0.2, 0.25) is 0 Å². The maximum Gasteiger partial charge on any atom is 0.524 e. The maximum atomic E-state index is 13.6. The van der Waals surface area contributed by atoms with Crippen LogP contribution in [0.3, 0.4) is 0 Å². The van der Waals surface area contributed by atoms with Gasteiger partial charge in [-0.3, -0.25) is 9.53 Å². The van der Waals surface area contributed by atoms with Crippen molar-refractivity contribution in [3.63, 3.8) is 0 Å². The molecule has 0 saturated heterocycles. The Morgan fingerprint density at radius 1 is 1.42 bits per heavy atom. The fourth-order valence-electron chi connectivity index (χ4n) is 3.15. The average molecular weight is 455 g/mol. The molecule has 3 rings (SSSR count). The van der Waals surface area contributed by atoms with Crippen LogP contribution in [-0.2, 0) is 11.3 Å². The molecular formula is C19H17F4N5O2S. The predicted octanol–water partition coefficient (Wildman–Crippen LogP) is 4.35. The van der Waals surface area contributed by atoms with Crippen molar-refractivity contribution in [1.82, 2.24) is 14.3 Å². The Hall–Kier alpha value is -2.88. The van der Waals surface area contributed by atoms with Crippen LogP contribution in [0, 0.1) is 24.2 Å². The number of allylic oxidation sites excluding steroid dienone is 1. The monoisotopic (exact) mass is 455 g/mol. The van der Waals surface area contributed by atoms with E-state index in [1.807, 2.05) is 6.08 Å². The molecule has 2 N–H and O–H groups in total. The number of amides is 1. The third kappa shape index (κ3) is 5.43. The average Bonchev–Trinajstić information content (AvgIpc) is 2.95. The lowest BCUT2D eigenvalue weighted by molar-refractivity contribution is -0.341. The van der Waals surface area contributed by atoms with Gasteiger partial charge in [-0.2, -0.15) is 9.65 Å². The second-order valence-corrected chi connectivity index (χ2v) is 7.43. The number of hydrogen-bond donors (Lipinski definition) is 2. The van der Waals surface area contributed by atoms with Gasteiger partial charge in [0.15, 0.2) is 0 Å². The quantitative estimate of drug-likeness (QED) is 0.291. The molecule has 0 spiro atoms. The van der Waals surface area contributed by atoms with Gasteiger partial charge in [-0.05, 0) is 49.9 Å². The molecule has 0 bridgehead atoms. The zero-order chi connectivity index (χ0) is 22.8. The predicted molar refractivity (Wildman–Crippen MR) is 105 cm³/mol. The number of fused-ring (bicyclic) bond motifs is 1. The molecule has 2 aromatic heterocycles. The molecular weight excluding hydrogens is 438 g/mol. The van der Waals surface area contributed by atoms with Crippen LogP contribution in [-0.4, -0.2) is 28.0 Å². The number of halogens is 4. The van der Waals surface area contributed by atoms with Crippen molar-refractivity contribution >= 4 is 29.6 Å². The Kier molecular flexibility index (Phi) is 6.68. The topological polar surface area (TPSA) is 92.0 Å². The lowest BCUT2D eigenvalue weighted by atomic mass is 10.2. The second-order valence-electron chi connectivity index (χ2n) is 6.59. The number of carbonyl (C=O) groups is 1. The molecule has 1 aliphatic heterocycles. The number of anilines is 1. The van der Waals surface area contributed by atoms with E-state index < -0.39 is 24.4 Å². The van der Waals surface area contributed by atoms with Crippen LogP contribution in [0.1, 0.15) is 40.8 Å². The molecule has 164 valence electrons. The maximum absolute atomic E-state index is 13.6. The number of nitriles is 1. The van der Waals surface area contributed by atoms with E-state index in [0.29, 0.717) is 29.1 Å². The van der Waals surface area contributed by atoms with Crippen LogP contribution >= 0.6 is 11.9 Å². The third-order valence-electron chi connectivity index (χ3n) is 4.30. The number of nitrogens with one attached hydrogen (secondary N) is 2. The molecule has 7 nitrogen and oxygen atoms in total. The van der Waals surface area contributed by atoms with Crippen molar-refractivity contribution < 1.29 is 27.1 Å². The highest BCUT2D eigenvalue weighted by molar-refractivity contribution is 7.97. The van der Waals surface area contributed by atoms with Crippen molar-refractivity contribution in [3.05, 3.63) is 46.8 Å². The summed E-state index contributed by atoms with van der Waals surface area (Å²) in [5.41, 5.74) is 1.35. The van der Waals surface area contributed by atoms with Crippen molar-refractivity contribution in [2.45, 2.75) is 44.3 Å². The van der Waals surface area contributed by atoms with Gasteiger partial charge in [0.05, 0.1) is 10.6 Å². The molecule has 1 unspecified atom stereocenters. The summed E-state index contributed by atoms with van der Waals surface area (Å²) < 4.78 is 59.0. The second kappa shape index (κ2) is 9.09. The Bertz CT molecular complexity index is 1070. The van der Waals surface area contributed by atoms with E-state index in [2.05, 4.69) is 19.8 Å². The normalized spacial score (nSPS) is 14.1. The Morgan fingerprint density at radius 2 is 2.16 bits per heavy atom. The lowest BCUT2D eigenvalue weighted by Gasteiger charge is -2.17. The summed E-state index contributed by atoms with van der Waals surface area (Å²) in [7, 11) is 0. The minimum Gasteiger partial charge on any atom is -0.335 e. The van der Waals surface area contributed by atoms with Gasteiger partial charge in [0.25, 0.3) is 5.91 Å². The summed E-state index contributed by atoms with van der Waals surface area (Å²) in [5.74, 6) is -1.46. The molecule has 2 aromatic rings. The van der Waals surface area contributed by atoms with Gasteiger partial charge < -0.3 is 9.88 Å². The number of ether oxygens (including phenoxy) is 1. The van der Waals surface area contributed by atoms with E-state index in [9.17, 15) is 22.4 Å². The van der Waals surface area contributed by atoms with Gasteiger partial charge >= 0.3 is 6.36 Å². The minimum atomic E-state index is -4.78. The zero-order valence-electron chi connectivity index (χ0n) is 16.4. The lowest BCUT2D eigenvalue weighted by Crippen LogP contribution is -2.30. The smallest absolute Gasteiger partial charge is 0.335 e. The van der Waals surface area contributed by atoms with Gasteiger partial charge in [-0.15, -0.1) is 13.2 Å². The number of rotatable bonds is 6.